The van der Waals surface area contributed by atoms with Crippen molar-refractivity contribution in [3.8, 4) is 0 Å². The first kappa shape index (κ1) is 11.3. The highest BCUT2D eigenvalue weighted by atomic mass is 32.2. The van der Waals surface area contributed by atoms with Crippen LogP contribution in [0.3, 0.4) is 0 Å². The third-order valence-electron chi connectivity index (χ3n) is 3.69. The van der Waals surface area contributed by atoms with E-state index in [9.17, 15) is 4.79 Å². The van der Waals surface area contributed by atoms with Crippen LogP contribution < -0.4 is 0 Å². The summed E-state index contributed by atoms with van der Waals surface area (Å²) in [7, 11) is 0. The summed E-state index contributed by atoms with van der Waals surface area (Å²) in [4.78, 5) is 18.8. The molecule has 0 unspecified atom stereocenters. The molecule has 0 N–H and O–H groups in total. The molecule has 0 aromatic heterocycles. The lowest BCUT2D eigenvalue weighted by atomic mass is 9.93. The summed E-state index contributed by atoms with van der Waals surface area (Å²) in [6.45, 7) is 0.863. The van der Waals surface area contributed by atoms with Gasteiger partial charge in [0, 0.05) is 12.3 Å². The zero-order valence-corrected chi connectivity index (χ0v) is 10.9. The van der Waals surface area contributed by atoms with Crippen LogP contribution in [0.2, 0.25) is 0 Å². The van der Waals surface area contributed by atoms with Gasteiger partial charge in [0.2, 0.25) is 0 Å². The second kappa shape index (κ2) is 4.84. The molecule has 0 spiro atoms. The molecule has 3 aliphatic rings. The number of carbonyl (C=O) groups excluding carboxylic acids is 1. The second-order valence-electron chi connectivity index (χ2n) is 4.92. The van der Waals surface area contributed by atoms with Crippen molar-refractivity contribution in [2.75, 3.05) is 12.3 Å². The van der Waals surface area contributed by atoms with Crippen molar-refractivity contribution in [3.63, 3.8) is 0 Å². The normalized spacial score (nSPS) is 25.8. The molecule has 2 fully saturated rings. The molecule has 1 saturated heterocycles. The fraction of sp³-hybridized carbons (Fsp3) is 0.692. The molecule has 0 radical (unpaired) electrons. The summed E-state index contributed by atoms with van der Waals surface area (Å²) >= 11 is 1.75. The molecular weight excluding hydrogens is 232 g/mol. The van der Waals surface area contributed by atoms with E-state index in [2.05, 4.69) is 4.99 Å². The number of amidine groups is 1. The molecule has 0 bridgehead atoms. The largest absolute Gasteiger partial charge is 0.286 e. The molecule has 92 valence electrons. The van der Waals surface area contributed by atoms with E-state index in [4.69, 9.17) is 0 Å². The topological polar surface area (TPSA) is 32.7 Å². The Morgan fingerprint density at radius 1 is 1.06 bits per heavy atom. The smallest absolute Gasteiger partial charge is 0.278 e. The third-order valence-corrected chi connectivity index (χ3v) is 4.75. The highest BCUT2D eigenvalue weighted by Crippen LogP contribution is 2.32. The van der Waals surface area contributed by atoms with E-state index in [1.165, 1.54) is 31.3 Å². The summed E-state index contributed by atoms with van der Waals surface area (Å²) in [5, 5.41) is 0.959. The summed E-state index contributed by atoms with van der Waals surface area (Å²) in [6.07, 6.45) is 8.22. The molecular formula is C13H18N2OS. The number of nitrogens with zero attached hydrogens (tertiary/aromatic N) is 2. The van der Waals surface area contributed by atoms with Gasteiger partial charge in [-0.1, -0.05) is 18.2 Å². The van der Waals surface area contributed by atoms with Crippen molar-refractivity contribution in [1.29, 1.82) is 0 Å². The van der Waals surface area contributed by atoms with Crippen LogP contribution in [0.15, 0.2) is 16.3 Å². The summed E-state index contributed by atoms with van der Waals surface area (Å²) in [6, 6.07) is 0. The Hall–Kier alpha value is -0.770. The van der Waals surface area contributed by atoms with Gasteiger partial charge in [0.05, 0.1) is 0 Å². The van der Waals surface area contributed by atoms with Gasteiger partial charge >= 0.3 is 0 Å². The van der Waals surface area contributed by atoms with Gasteiger partial charge in [-0.25, -0.2) is 4.99 Å². The number of carbonyl (C=O) groups is 1. The molecule has 1 saturated carbocycles. The van der Waals surface area contributed by atoms with Crippen LogP contribution in [0.1, 0.15) is 44.9 Å². The average Bonchev–Trinajstić information content (AvgIpc) is 2.56. The minimum atomic E-state index is 0.173. The molecule has 3 rings (SSSR count). The summed E-state index contributed by atoms with van der Waals surface area (Å²) < 4.78 is 0. The summed E-state index contributed by atoms with van der Waals surface area (Å²) in [5.74, 6) is 1.27. The highest BCUT2D eigenvalue weighted by Gasteiger charge is 2.33. The van der Waals surface area contributed by atoms with E-state index in [1.54, 1.807) is 11.8 Å². The van der Waals surface area contributed by atoms with Gasteiger partial charge < -0.3 is 0 Å². The van der Waals surface area contributed by atoms with Gasteiger partial charge in [-0.05, 0) is 44.1 Å². The number of allylic oxidation sites excluding steroid dienone is 1. The maximum atomic E-state index is 12.3. The fourth-order valence-electron chi connectivity index (χ4n) is 2.71. The number of aliphatic imine (C=N–C) groups is 1. The standard InChI is InChI=1S/C13H18N2OS/c16-12-11(10-6-2-1-3-7-10)14-13-15(12)8-4-5-9-17-13/h1-9H2. The van der Waals surface area contributed by atoms with Crippen molar-refractivity contribution >= 4 is 22.8 Å². The van der Waals surface area contributed by atoms with Crippen LogP contribution in [-0.2, 0) is 4.79 Å². The lowest BCUT2D eigenvalue weighted by molar-refractivity contribution is -0.122. The van der Waals surface area contributed by atoms with Gasteiger partial charge in [0.1, 0.15) is 5.70 Å². The molecule has 3 nitrogen and oxygen atoms in total. The quantitative estimate of drug-likeness (QED) is 0.619. The third kappa shape index (κ3) is 2.15. The Labute approximate surface area is 106 Å². The first-order chi connectivity index (χ1) is 8.36. The molecule has 1 aliphatic carbocycles. The number of amides is 1. The lowest BCUT2D eigenvalue weighted by Gasteiger charge is -2.16. The lowest BCUT2D eigenvalue weighted by Crippen LogP contribution is -2.30. The predicted octanol–water partition coefficient (Wildman–Crippen LogP) is 2.93. The van der Waals surface area contributed by atoms with E-state index in [0.29, 0.717) is 0 Å². The molecule has 0 aromatic rings. The number of hydrogen-bond donors (Lipinski definition) is 0. The van der Waals surface area contributed by atoms with E-state index in [0.717, 1.165) is 42.4 Å². The second-order valence-corrected chi connectivity index (χ2v) is 5.98. The minimum absolute atomic E-state index is 0.173. The van der Waals surface area contributed by atoms with E-state index in [1.807, 2.05) is 4.90 Å². The first-order valence-electron chi connectivity index (χ1n) is 6.61. The van der Waals surface area contributed by atoms with Crippen LogP contribution in [0.25, 0.3) is 0 Å². The Balaban J connectivity index is 1.90. The van der Waals surface area contributed by atoms with Crippen molar-refractivity contribution in [1.82, 2.24) is 4.90 Å². The molecule has 0 atom stereocenters. The van der Waals surface area contributed by atoms with E-state index >= 15 is 0 Å². The Morgan fingerprint density at radius 2 is 1.88 bits per heavy atom. The molecule has 2 aliphatic heterocycles. The van der Waals surface area contributed by atoms with Crippen LogP contribution in [-0.4, -0.2) is 28.3 Å². The van der Waals surface area contributed by atoms with Gasteiger partial charge in [-0.3, -0.25) is 9.69 Å². The monoisotopic (exact) mass is 250 g/mol. The molecule has 1 amide bonds. The number of rotatable bonds is 0. The predicted molar refractivity (Wildman–Crippen MR) is 71.0 cm³/mol. The highest BCUT2D eigenvalue weighted by molar-refractivity contribution is 8.13. The van der Waals surface area contributed by atoms with Crippen LogP contribution in [0.5, 0.6) is 0 Å². The van der Waals surface area contributed by atoms with Crippen LogP contribution in [0.4, 0.5) is 0 Å². The number of thioether (sulfide) groups is 1. The first-order valence-corrected chi connectivity index (χ1v) is 7.60. The van der Waals surface area contributed by atoms with Crippen molar-refractivity contribution in [2.24, 2.45) is 4.99 Å². The SMILES string of the molecule is O=C1C(=C2CCCCC2)N=C2SCCCCN12. The number of hydrogen-bond acceptors (Lipinski definition) is 3. The maximum absolute atomic E-state index is 12.3. The average molecular weight is 250 g/mol. The Kier molecular flexibility index (Phi) is 3.23. The summed E-state index contributed by atoms with van der Waals surface area (Å²) in [5.41, 5.74) is 2.09. The van der Waals surface area contributed by atoms with Crippen molar-refractivity contribution < 1.29 is 4.79 Å². The molecule has 4 heteroatoms. The molecule has 0 aromatic carbocycles. The van der Waals surface area contributed by atoms with E-state index < -0.39 is 0 Å². The van der Waals surface area contributed by atoms with Crippen LogP contribution >= 0.6 is 11.8 Å². The van der Waals surface area contributed by atoms with Crippen LogP contribution in [0, 0.1) is 0 Å². The maximum Gasteiger partial charge on any atom is 0.278 e. The number of fused-ring (bicyclic) bond motifs is 1. The van der Waals surface area contributed by atoms with Crippen molar-refractivity contribution in [2.45, 2.75) is 44.9 Å². The van der Waals surface area contributed by atoms with Gasteiger partial charge in [-0.2, -0.15) is 0 Å². The zero-order chi connectivity index (χ0) is 11.7. The minimum Gasteiger partial charge on any atom is -0.286 e. The van der Waals surface area contributed by atoms with Gasteiger partial charge in [0.25, 0.3) is 5.91 Å². The zero-order valence-electron chi connectivity index (χ0n) is 10.1. The van der Waals surface area contributed by atoms with E-state index in [-0.39, 0.29) is 5.91 Å². The van der Waals surface area contributed by atoms with Gasteiger partial charge in [-0.15, -0.1) is 0 Å². The van der Waals surface area contributed by atoms with Crippen molar-refractivity contribution in [3.05, 3.63) is 11.3 Å². The fourth-order valence-corrected chi connectivity index (χ4v) is 3.72. The Bertz CT molecular complexity index is 392. The Morgan fingerprint density at radius 3 is 2.71 bits per heavy atom. The van der Waals surface area contributed by atoms with Gasteiger partial charge in [0.15, 0.2) is 5.17 Å². The molecule has 2 heterocycles. The molecule has 17 heavy (non-hydrogen) atoms.